The Hall–Kier alpha value is -0.570. The third kappa shape index (κ3) is 1.88. The first-order valence-corrected chi connectivity index (χ1v) is 6.70. The van der Waals surface area contributed by atoms with E-state index >= 15 is 0 Å². The lowest BCUT2D eigenvalue weighted by atomic mass is 9.64. The molecule has 98 valence electrons. The predicted molar refractivity (Wildman–Crippen MR) is 70.2 cm³/mol. The topological polar surface area (TPSA) is 32.6 Å². The van der Waals surface area contributed by atoms with E-state index < -0.39 is 0 Å². The number of nitrogens with zero attached hydrogens (tertiary/aromatic N) is 2. The zero-order valence-electron chi connectivity index (χ0n) is 12.1. The Balaban J connectivity index is 2.29. The Labute approximate surface area is 105 Å². The zero-order chi connectivity index (χ0) is 13.0. The Morgan fingerprint density at radius 3 is 2.41 bits per heavy atom. The van der Waals surface area contributed by atoms with Crippen LogP contribution < -0.4 is 0 Å². The summed E-state index contributed by atoms with van der Waals surface area (Å²) < 4.78 is 0.942. The largest absolute Gasteiger partial charge is 0.411 e. The van der Waals surface area contributed by atoms with Crippen LogP contribution in [0.15, 0.2) is 5.16 Å². The summed E-state index contributed by atoms with van der Waals surface area (Å²) in [5, 5.41) is 13.0. The minimum Gasteiger partial charge on any atom is -0.411 e. The molecule has 0 aromatic carbocycles. The first-order chi connectivity index (χ1) is 7.68. The Morgan fingerprint density at radius 2 is 1.94 bits per heavy atom. The summed E-state index contributed by atoms with van der Waals surface area (Å²) in [4.78, 5) is 0. The van der Waals surface area contributed by atoms with Crippen LogP contribution in [0, 0.1) is 29.1 Å². The lowest BCUT2D eigenvalue weighted by molar-refractivity contribution is -0.873. The quantitative estimate of drug-likeness (QED) is 0.448. The molecule has 4 atom stereocenters. The SMILES string of the molecule is C[C@H]1[C@H]2C[C@H]([C@H](C[N+](C)(C)C)/C2=N\O)C1(C)C. The Bertz CT molecular complexity index is 341. The molecule has 0 aromatic rings. The lowest BCUT2D eigenvalue weighted by Gasteiger charge is -2.42. The third-order valence-corrected chi connectivity index (χ3v) is 5.35. The molecule has 2 aliphatic carbocycles. The number of hydrogen-bond donors (Lipinski definition) is 1. The van der Waals surface area contributed by atoms with E-state index in [1.54, 1.807) is 0 Å². The maximum absolute atomic E-state index is 9.32. The average molecular weight is 239 g/mol. The van der Waals surface area contributed by atoms with Crippen molar-refractivity contribution in [3.8, 4) is 0 Å². The van der Waals surface area contributed by atoms with Crippen molar-refractivity contribution in [2.45, 2.75) is 27.2 Å². The fourth-order valence-electron chi connectivity index (χ4n) is 4.14. The summed E-state index contributed by atoms with van der Waals surface area (Å²) in [5.41, 5.74) is 1.47. The molecule has 0 heterocycles. The van der Waals surface area contributed by atoms with Gasteiger partial charge in [-0.05, 0) is 23.7 Å². The summed E-state index contributed by atoms with van der Waals surface area (Å²) in [5.74, 6) is 2.31. The molecule has 2 fully saturated rings. The highest BCUT2D eigenvalue weighted by molar-refractivity contribution is 5.92. The fraction of sp³-hybridized carbons (Fsp3) is 0.929. The van der Waals surface area contributed by atoms with Gasteiger partial charge in [0.15, 0.2) is 0 Å². The van der Waals surface area contributed by atoms with Gasteiger partial charge in [-0.1, -0.05) is 25.9 Å². The summed E-state index contributed by atoms with van der Waals surface area (Å²) in [6.07, 6.45) is 1.22. The molecule has 3 heteroatoms. The van der Waals surface area contributed by atoms with Gasteiger partial charge in [0.2, 0.25) is 0 Å². The normalized spacial score (nSPS) is 42.4. The van der Waals surface area contributed by atoms with Gasteiger partial charge in [0, 0.05) is 5.92 Å². The number of hydrogen-bond acceptors (Lipinski definition) is 2. The molecule has 0 saturated heterocycles. The first-order valence-electron chi connectivity index (χ1n) is 6.70. The standard InChI is InChI=1S/C14H26N2O/c1-9-10-7-12(14(9,2)3)11(13(10)15-17)8-16(4,5)6/h9-12H,7-8H2,1-6H3/p+1/b15-13-/t9-,10+,11-,12+/m0/s1. The number of oxime groups is 1. The van der Waals surface area contributed by atoms with Crippen LogP contribution >= 0.6 is 0 Å². The minimum atomic E-state index is 0.388. The maximum atomic E-state index is 9.32. The molecule has 3 nitrogen and oxygen atoms in total. The monoisotopic (exact) mass is 239 g/mol. The van der Waals surface area contributed by atoms with Crippen LogP contribution in [0.2, 0.25) is 0 Å². The number of quaternary nitrogens is 1. The third-order valence-electron chi connectivity index (χ3n) is 5.35. The molecular weight excluding hydrogens is 212 g/mol. The van der Waals surface area contributed by atoms with Crippen LogP contribution in [0.25, 0.3) is 0 Å². The number of fused-ring (bicyclic) bond motifs is 2. The van der Waals surface area contributed by atoms with Crippen molar-refractivity contribution in [2.24, 2.45) is 34.2 Å². The number of rotatable bonds is 2. The second-order valence-electron chi connectivity index (χ2n) is 7.66. The maximum Gasteiger partial charge on any atom is 0.0866 e. The van der Waals surface area contributed by atoms with Crippen LogP contribution in [-0.4, -0.2) is 43.1 Å². The van der Waals surface area contributed by atoms with E-state index in [9.17, 15) is 5.21 Å². The van der Waals surface area contributed by atoms with Crippen LogP contribution in [0.5, 0.6) is 0 Å². The Kier molecular flexibility index (Phi) is 2.81. The molecule has 0 aromatic heterocycles. The summed E-state index contributed by atoms with van der Waals surface area (Å²) in [6.45, 7) is 8.17. The molecule has 0 unspecified atom stereocenters. The smallest absolute Gasteiger partial charge is 0.0866 e. The molecular formula is C14H27N2O+. The summed E-state index contributed by atoms with van der Waals surface area (Å²) >= 11 is 0. The van der Waals surface area contributed by atoms with Crippen LogP contribution in [0.3, 0.4) is 0 Å². The van der Waals surface area contributed by atoms with Gasteiger partial charge in [0.1, 0.15) is 0 Å². The fourth-order valence-corrected chi connectivity index (χ4v) is 4.14. The molecule has 1 N–H and O–H groups in total. The average Bonchev–Trinajstić information content (AvgIpc) is 2.61. The van der Waals surface area contributed by atoms with E-state index in [2.05, 4.69) is 47.1 Å². The molecule has 2 bridgehead atoms. The highest BCUT2D eigenvalue weighted by atomic mass is 16.4. The van der Waals surface area contributed by atoms with Crippen LogP contribution in [0.1, 0.15) is 27.2 Å². The van der Waals surface area contributed by atoms with E-state index in [0.717, 1.165) is 16.7 Å². The van der Waals surface area contributed by atoms with Crippen molar-refractivity contribution in [1.82, 2.24) is 0 Å². The second kappa shape index (κ2) is 3.71. The zero-order valence-corrected chi connectivity index (χ0v) is 12.1. The molecule has 0 radical (unpaired) electrons. The summed E-state index contributed by atoms with van der Waals surface area (Å²) in [7, 11) is 6.66. The van der Waals surface area contributed by atoms with Gasteiger partial charge in [-0.3, -0.25) is 0 Å². The highest BCUT2D eigenvalue weighted by Crippen LogP contribution is 2.60. The second-order valence-corrected chi connectivity index (χ2v) is 7.66. The van der Waals surface area contributed by atoms with Crippen molar-refractivity contribution in [3.63, 3.8) is 0 Å². The summed E-state index contributed by atoms with van der Waals surface area (Å²) in [6, 6.07) is 0. The molecule has 2 rings (SSSR count). The van der Waals surface area contributed by atoms with Gasteiger partial charge in [0.05, 0.1) is 39.3 Å². The molecule has 0 amide bonds. The van der Waals surface area contributed by atoms with Gasteiger partial charge in [-0.2, -0.15) is 0 Å². The van der Waals surface area contributed by atoms with E-state index in [-0.39, 0.29) is 0 Å². The van der Waals surface area contributed by atoms with Gasteiger partial charge >= 0.3 is 0 Å². The van der Waals surface area contributed by atoms with Crippen molar-refractivity contribution in [1.29, 1.82) is 0 Å². The molecule has 0 aliphatic heterocycles. The van der Waals surface area contributed by atoms with Crippen molar-refractivity contribution >= 4 is 5.71 Å². The molecule has 2 saturated carbocycles. The van der Waals surface area contributed by atoms with Crippen LogP contribution in [0.4, 0.5) is 0 Å². The van der Waals surface area contributed by atoms with Gasteiger partial charge in [-0.25, -0.2) is 0 Å². The molecule has 2 aliphatic rings. The Morgan fingerprint density at radius 1 is 1.35 bits per heavy atom. The minimum absolute atomic E-state index is 0.388. The van der Waals surface area contributed by atoms with E-state index in [1.807, 2.05) is 0 Å². The van der Waals surface area contributed by atoms with E-state index in [1.165, 1.54) is 6.42 Å². The van der Waals surface area contributed by atoms with Crippen molar-refractivity contribution < 1.29 is 9.69 Å². The van der Waals surface area contributed by atoms with Gasteiger partial charge < -0.3 is 9.69 Å². The predicted octanol–water partition coefficient (Wildman–Crippen LogP) is 2.45. The molecule has 17 heavy (non-hydrogen) atoms. The van der Waals surface area contributed by atoms with Gasteiger partial charge in [0.25, 0.3) is 0 Å². The van der Waals surface area contributed by atoms with Crippen LogP contribution in [-0.2, 0) is 0 Å². The van der Waals surface area contributed by atoms with E-state index in [0.29, 0.717) is 29.1 Å². The lowest BCUT2D eigenvalue weighted by Crippen LogP contribution is -2.48. The van der Waals surface area contributed by atoms with E-state index in [4.69, 9.17) is 0 Å². The van der Waals surface area contributed by atoms with Crippen molar-refractivity contribution in [3.05, 3.63) is 0 Å². The van der Waals surface area contributed by atoms with Gasteiger partial charge in [-0.15, -0.1) is 0 Å². The molecule has 0 spiro atoms. The highest BCUT2D eigenvalue weighted by Gasteiger charge is 2.60. The van der Waals surface area contributed by atoms with Crippen molar-refractivity contribution in [2.75, 3.05) is 27.7 Å². The first kappa shape index (κ1) is 12.9.